The Morgan fingerprint density at radius 1 is 1.19 bits per heavy atom. The third kappa shape index (κ3) is 2.65. The van der Waals surface area contributed by atoms with Gasteiger partial charge in [-0.2, -0.15) is 5.10 Å². The molecule has 32 heavy (non-hydrogen) atoms. The molecule has 1 aliphatic heterocycles. The summed E-state index contributed by atoms with van der Waals surface area (Å²) in [7, 11) is 0. The van der Waals surface area contributed by atoms with E-state index in [4.69, 9.17) is 6.57 Å². The van der Waals surface area contributed by atoms with E-state index in [0.717, 1.165) is 47.5 Å². The van der Waals surface area contributed by atoms with Gasteiger partial charge in [0.05, 0.1) is 22.7 Å². The molecular formula is C25H28N6O. The molecule has 3 heterocycles. The second kappa shape index (κ2) is 6.29. The molecule has 0 amide bonds. The van der Waals surface area contributed by atoms with Crippen molar-refractivity contribution in [3.8, 4) is 5.82 Å². The average Bonchev–Trinajstić information content (AvgIpc) is 3.57. The van der Waals surface area contributed by atoms with Crippen molar-refractivity contribution in [2.75, 3.05) is 11.4 Å². The number of fused-ring (bicyclic) bond motifs is 1. The fourth-order valence-electron chi connectivity index (χ4n) is 6.09. The summed E-state index contributed by atoms with van der Waals surface area (Å²) in [5, 5.41) is 16.2. The van der Waals surface area contributed by atoms with Gasteiger partial charge in [0.25, 0.3) is 5.54 Å². The van der Waals surface area contributed by atoms with Gasteiger partial charge in [0.2, 0.25) is 0 Å². The van der Waals surface area contributed by atoms with Crippen LogP contribution in [0.1, 0.15) is 52.0 Å². The number of hydrogen-bond donors (Lipinski definition) is 1. The number of rotatable bonds is 4. The number of anilines is 1. The summed E-state index contributed by atoms with van der Waals surface area (Å²) in [4.78, 5) is 15.4. The van der Waals surface area contributed by atoms with Crippen molar-refractivity contribution in [1.29, 1.82) is 0 Å². The van der Waals surface area contributed by atoms with E-state index >= 15 is 0 Å². The summed E-state index contributed by atoms with van der Waals surface area (Å²) in [6, 6.07) is 8.48. The second-order valence-electron chi connectivity index (χ2n) is 10.5. The Morgan fingerprint density at radius 3 is 2.62 bits per heavy atom. The zero-order valence-electron chi connectivity index (χ0n) is 18.8. The first kappa shape index (κ1) is 19.7. The first-order valence-electron chi connectivity index (χ1n) is 11.5. The largest absolute Gasteiger partial charge is 0.390 e. The zero-order valence-corrected chi connectivity index (χ0v) is 18.8. The Hall–Kier alpha value is -2.98. The third-order valence-corrected chi connectivity index (χ3v) is 8.25. The van der Waals surface area contributed by atoms with Crippen molar-refractivity contribution < 1.29 is 5.11 Å². The van der Waals surface area contributed by atoms with Crippen molar-refractivity contribution in [1.82, 2.24) is 19.7 Å². The van der Waals surface area contributed by atoms with Crippen LogP contribution in [-0.4, -0.2) is 43.0 Å². The summed E-state index contributed by atoms with van der Waals surface area (Å²) in [6.07, 6.45) is 7.69. The van der Waals surface area contributed by atoms with Crippen LogP contribution < -0.4 is 4.90 Å². The Morgan fingerprint density at radius 2 is 1.97 bits per heavy atom. The highest BCUT2D eigenvalue weighted by atomic mass is 16.3. The van der Waals surface area contributed by atoms with Crippen molar-refractivity contribution in [3.63, 3.8) is 0 Å². The highest BCUT2D eigenvalue weighted by molar-refractivity contribution is 5.81. The lowest BCUT2D eigenvalue weighted by atomic mass is 9.85. The number of aromatic nitrogens is 4. The highest BCUT2D eigenvalue weighted by Crippen LogP contribution is 2.79. The first-order chi connectivity index (χ1) is 15.3. The van der Waals surface area contributed by atoms with Crippen molar-refractivity contribution >= 4 is 16.7 Å². The lowest BCUT2D eigenvalue weighted by Crippen LogP contribution is -2.40. The molecule has 7 heteroatoms. The maximum Gasteiger partial charge on any atom is 0.264 e. The number of hydrogen-bond acceptors (Lipinski definition) is 5. The normalized spacial score (nSPS) is 28.3. The van der Waals surface area contributed by atoms with Crippen LogP contribution in [0.4, 0.5) is 5.82 Å². The number of aliphatic hydroxyl groups is 1. The molecule has 0 radical (unpaired) electrons. The summed E-state index contributed by atoms with van der Waals surface area (Å²) in [5.74, 6) is 1.76. The minimum atomic E-state index is -0.723. The molecule has 3 aliphatic rings. The van der Waals surface area contributed by atoms with E-state index < -0.39 is 5.60 Å². The molecule has 3 atom stereocenters. The van der Waals surface area contributed by atoms with E-state index in [2.05, 4.69) is 49.9 Å². The standard InChI is InChI=1S/C25H28N6O/c1-16-19(23(2,3)32)7-10-30(16)21-12-22(28-15-27-21)31-20-11-18(6-5-17(20)13-29-31)25(26-4)14-24(25)8-9-24/h5-6,11-13,15-16,19,32H,7-10,14H2,1-3H3/t16-,19-,25+/m0/s1. The summed E-state index contributed by atoms with van der Waals surface area (Å²) >= 11 is 0. The van der Waals surface area contributed by atoms with Crippen molar-refractivity contribution in [2.24, 2.45) is 11.3 Å². The van der Waals surface area contributed by atoms with Crippen LogP contribution >= 0.6 is 0 Å². The molecule has 1 spiro atoms. The fraction of sp³-hybridized carbons (Fsp3) is 0.520. The minimum Gasteiger partial charge on any atom is -0.390 e. The highest BCUT2D eigenvalue weighted by Gasteiger charge is 2.82. The van der Waals surface area contributed by atoms with E-state index in [1.807, 2.05) is 30.8 Å². The topological polar surface area (TPSA) is 71.4 Å². The number of benzene rings is 1. The van der Waals surface area contributed by atoms with Crippen LogP contribution in [0.2, 0.25) is 0 Å². The van der Waals surface area contributed by atoms with Crippen LogP contribution in [0.5, 0.6) is 0 Å². The van der Waals surface area contributed by atoms with E-state index in [1.165, 1.54) is 12.8 Å². The first-order valence-corrected chi connectivity index (χ1v) is 11.5. The van der Waals surface area contributed by atoms with Gasteiger partial charge in [0.15, 0.2) is 5.82 Å². The molecular weight excluding hydrogens is 400 g/mol. The second-order valence-corrected chi connectivity index (χ2v) is 10.5. The van der Waals surface area contributed by atoms with Gasteiger partial charge in [-0.15, -0.1) is 0 Å². The molecule has 2 aromatic heterocycles. The van der Waals surface area contributed by atoms with Crippen LogP contribution in [0.25, 0.3) is 21.6 Å². The predicted octanol–water partition coefficient (Wildman–Crippen LogP) is 4.10. The van der Waals surface area contributed by atoms with Gasteiger partial charge < -0.3 is 14.9 Å². The molecule has 3 aromatic rings. The molecule has 3 fully saturated rings. The molecule has 0 bridgehead atoms. The quantitative estimate of drug-likeness (QED) is 0.634. The zero-order chi connectivity index (χ0) is 22.3. The van der Waals surface area contributed by atoms with Gasteiger partial charge in [0, 0.05) is 41.9 Å². The van der Waals surface area contributed by atoms with Crippen LogP contribution in [0.3, 0.4) is 0 Å². The summed E-state index contributed by atoms with van der Waals surface area (Å²) in [5.41, 5.74) is 1.25. The molecule has 164 valence electrons. The Balaban J connectivity index is 1.37. The third-order valence-electron chi connectivity index (χ3n) is 8.25. The van der Waals surface area contributed by atoms with Crippen LogP contribution in [0, 0.1) is 17.9 Å². The maximum absolute atomic E-state index is 10.5. The molecule has 1 aromatic carbocycles. The average molecular weight is 429 g/mol. The van der Waals surface area contributed by atoms with E-state index in [1.54, 1.807) is 6.33 Å². The lowest BCUT2D eigenvalue weighted by Gasteiger charge is -2.32. The Bertz CT molecular complexity index is 1260. The van der Waals surface area contributed by atoms with Gasteiger partial charge in [-0.25, -0.2) is 21.2 Å². The monoisotopic (exact) mass is 428 g/mol. The van der Waals surface area contributed by atoms with Gasteiger partial charge in [0.1, 0.15) is 12.1 Å². The molecule has 6 rings (SSSR count). The van der Waals surface area contributed by atoms with Gasteiger partial charge in [-0.3, -0.25) is 0 Å². The predicted molar refractivity (Wildman–Crippen MR) is 122 cm³/mol. The maximum atomic E-state index is 10.5. The smallest absolute Gasteiger partial charge is 0.264 e. The molecule has 1 saturated heterocycles. The minimum absolute atomic E-state index is 0.182. The number of nitrogens with zero attached hydrogens (tertiary/aromatic N) is 6. The molecule has 0 unspecified atom stereocenters. The van der Waals surface area contributed by atoms with Crippen molar-refractivity contribution in [2.45, 2.75) is 63.6 Å². The van der Waals surface area contributed by atoms with Crippen LogP contribution in [-0.2, 0) is 5.54 Å². The molecule has 2 aliphatic carbocycles. The Labute approximate surface area is 187 Å². The van der Waals surface area contributed by atoms with Gasteiger partial charge in [-0.1, -0.05) is 12.1 Å². The summed E-state index contributed by atoms with van der Waals surface area (Å²) in [6.45, 7) is 14.6. The van der Waals surface area contributed by atoms with Crippen LogP contribution in [0.15, 0.2) is 36.8 Å². The SMILES string of the molecule is [C-]#[N+][C@@]1(c2ccc3cnn(-c4cc(N5CC[C@H](C(C)(C)O)[C@@H]5C)ncn4)c3c2)CC12CC2. The molecule has 7 nitrogen and oxygen atoms in total. The fourth-order valence-corrected chi connectivity index (χ4v) is 6.09. The molecule has 2 saturated carbocycles. The van der Waals surface area contributed by atoms with E-state index in [0.29, 0.717) is 0 Å². The summed E-state index contributed by atoms with van der Waals surface area (Å²) < 4.78 is 1.86. The van der Waals surface area contributed by atoms with E-state index in [-0.39, 0.29) is 22.9 Å². The Kier molecular flexibility index (Phi) is 3.87. The van der Waals surface area contributed by atoms with E-state index in [9.17, 15) is 5.11 Å². The molecule has 1 N–H and O–H groups in total. The van der Waals surface area contributed by atoms with Gasteiger partial charge >= 0.3 is 0 Å². The van der Waals surface area contributed by atoms with Crippen molar-refractivity contribution in [3.05, 3.63) is 53.8 Å². The van der Waals surface area contributed by atoms with Gasteiger partial charge in [-0.05, 0) is 46.1 Å². The lowest BCUT2D eigenvalue weighted by molar-refractivity contribution is 0.0156.